The van der Waals surface area contributed by atoms with Crippen molar-refractivity contribution in [2.75, 3.05) is 5.73 Å². The molecule has 0 atom stereocenters. The average Bonchev–Trinajstić information content (AvgIpc) is 2.62. The first-order valence-corrected chi connectivity index (χ1v) is 4.87. The minimum atomic E-state index is 0.549. The molecule has 2 N–H and O–H groups in total. The maximum absolute atomic E-state index is 5.79. The molecule has 0 fully saturated rings. The molecule has 0 saturated carbocycles. The predicted octanol–water partition coefficient (Wildman–Crippen LogP) is 2.11. The lowest BCUT2D eigenvalue weighted by Gasteiger charge is -2.01. The van der Waals surface area contributed by atoms with E-state index in [9.17, 15) is 0 Å². The second-order valence-corrected chi connectivity index (χ2v) is 3.75. The van der Waals surface area contributed by atoms with Crippen LogP contribution >= 0.6 is 11.8 Å². The molecule has 2 aromatic rings. The molecular weight excluding hydrogens is 198 g/mol. The molecule has 72 valence electrons. The smallest absolute Gasteiger partial charge is 0.262 e. The van der Waals surface area contributed by atoms with Gasteiger partial charge >= 0.3 is 0 Å². The van der Waals surface area contributed by atoms with Crippen molar-refractivity contribution in [2.45, 2.75) is 17.2 Å². The van der Waals surface area contributed by atoms with Crippen LogP contribution in [0.25, 0.3) is 0 Å². The Morgan fingerprint density at radius 2 is 2.29 bits per heavy atom. The lowest BCUT2D eigenvalue weighted by atomic mass is 10.3. The number of nitrogens with zero attached hydrogens (tertiary/aromatic N) is 2. The van der Waals surface area contributed by atoms with E-state index in [1.807, 2.05) is 13.0 Å². The molecule has 0 aliphatic heterocycles. The van der Waals surface area contributed by atoms with E-state index in [2.05, 4.69) is 9.97 Å². The van der Waals surface area contributed by atoms with Gasteiger partial charge in [-0.2, -0.15) is 0 Å². The maximum atomic E-state index is 5.79. The van der Waals surface area contributed by atoms with Crippen LogP contribution in [0.5, 0.6) is 0 Å². The van der Waals surface area contributed by atoms with E-state index in [-0.39, 0.29) is 0 Å². The third-order valence-electron chi connectivity index (χ3n) is 1.61. The van der Waals surface area contributed by atoms with Gasteiger partial charge in [0, 0.05) is 6.20 Å². The Kier molecular flexibility index (Phi) is 2.41. The molecule has 4 nitrogen and oxygen atoms in total. The van der Waals surface area contributed by atoms with Gasteiger partial charge in [0.15, 0.2) is 0 Å². The first-order chi connectivity index (χ1) is 6.75. The fraction of sp³-hybridized carbons (Fsp3) is 0.111. The van der Waals surface area contributed by atoms with E-state index >= 15 is 0 Å². The van der Waals surface area contributed by atoms with Gasteiger partial charge in [-0.25, -0.2) is 9.97 Å². The summed E-state index contributed by atoms with van der Waals surface area (Å²) < 4.78 is 5.08. The van der Waals surface area contributed by atoms with E-state index < -0.39 is 0 Å². The summed E-state index contributed by atoms with van der Waals surface area (Å²) in [4.78, 5) is 8.17. The summed E-state index contributed by atoms with van der Waals surface area (Å²) in [5, 5.41) is 1.27. The number of nitrogens with two attached hydrogens (primary N) is 1. The van der Waals surface area contributed by atoms with Gasteiger partial charge in [0.1, 0.15) is 11.3 Å². The zero-order valence-corrected chi connectivity index (χ0v) is 8.41. The summed E-state index contributed by atoms with van der Waals surface area (Å²) in [7, 11) is 0. The highest BCUT2D eigenvalue weighted by molar-refractivity contribution is 7.99. The van der Waals surface area contributed by atoms with Crippen LogP contribution in [-0.4, -0.2) is 9.97 Å². The van der Waals surface area contributed by atoms with Gasteiger partial charge in [-0.05, 0) is 30.3 Å². The molecule has 5 heteroatoms. The Balaban J connectivity index is 2.25. The van der Waals surface area contributed by atoms with Crippen LogP contribution in [0, 0.1) is 6.92 Å². The molecule has 0 radical (unpaired) electrons. The quantitative estimate of drug-likeness (QED) is 0.817. The van der Waals surface area contributed by atoms with Gasteiger partial charge in [-0.3, -0.25) is 0 Å². The Morgan fingerprint density at radius 3 is 2.93 bits per heavy atom. The molecule has 14 heavy (non-hydrogen) atoms. The SMILES string of the molecule is Cc1cnc(Sc2ncco2)c(N)c1. The van der Waals surface area contributed by atoms with Crippen molar-refractivity contribution in [3.05, 3.63) is 30.3 Å². The molecule has 2 heterocycles. The summed E-state index contributed by atoms with van der Waals surface area (Å²) in [5.74, 6) is 0. The highest BCUT2D eigenvalue weighted by Crippen LogP contribution is 2.28. The van der Waals surface area contributed by atoms with Gasteiger partial charge in [0.2, 0.25) is 0 Å². The molecule has 0 aliphatic carbocycles. The van der Waals surface area contributed by atoms with Crippen molar-refractivity contribution < 1.29 is 4.42 Å². The normalized spacial score (nSPS) is 10.4. The van der Waals surface area contributed by atoms with Gasteiger partial charge in [-0.15, -0.1) is 0 Å². The van der Waals surface area contributed by atoms with Gasteiger partial charge in [0.05, 0.1) is 11.9 Å². The van der Waals surface area contributed by atoms with Crippen molar-refractivity contribution in [1.29, 1.82) is 0 Å². The topological polar surface area (TPSA) is 64.9 Å². The van der Waals surface area contributed by atoms with Crippen molar-refractivity contribution in [3.8, 4) is 0 Å². The number of oxazole rings is 1. The van der Waals surface area contributed by atoms with Crippen molar-refractivity contribution in [1.82, 2.24) is 9.97 Å². The second kappa shape index (κ2) is 3.71. The zero-order valence-electron chi connectivity index (χ0n) is 7.60. The van der Waals surface area contributed by atoms with Gasteiger partial charge in [0.25, 0.3) is 5.22 Å². The molecular formula is C9H9N3OS. The summed E-state index contributed by atoms with van der Waals surface area (Å²) in [6.45, 7) is 1.95. The number of hydrogen-bond acceptors (Lipinski definition) is 5. The Labute approximate surface area is 85.6 Å². The summed E-state index contributed by atoms with van der Waals surface area (Å²) in [6, 6.07) is 1.87. The first kappa shape index (κ1) is 9.08. The highest BCUT2D eigenvalue weighted by Gasteiger charge is 2.06. The number of rotatable bonds is 2. The molecule has 0 unspecified atom stereocenters. The van der Waals surface area contributed by atoms with Crippen LogP contribution in [0.3, 0.4) is 0 Å². The summed E-state index contributed by atoms with van der Waals surface area (Å²) in [5.41, 5.74) is 7.47. The van der Waals surface area contributed by atoms with Crippen molar-refractivity contribution >= 4 is 17.4 Å². The van der Waals surface area contributed by atoms with Crippen LogP contribution in [-0.2, 0) is 0 Å². The summed E-state index contributed by atoms with van der Waals surface area (Å²) in [6.07, 6.45) is 4.88. The van der Waals surface area contributed by atoms with Crippen LogP contribution < -0.4 is 5.73 Å². The molecule has 2 rings (SSSR count). The third-order valence-corrected chi connectivity index (χ3v) is 2.52. The molecule has 0 aliphatic rings. The number of pyridine rings is 1. The van der Waals surface area contributed by atoms with Crippen molar-refractivity contribution in [2.24, 2.45) is 0 Å². The lowest BCUT2D eigenvalue weighted by Crippen LogP contribution is -1.92. The van der Waals surface area contributed by atoms with E-state index in [4.69, 9.17) is 10.2 Å². The van der Waals surface area contributed by atoms with Gasteiger partial charge in [-0.1, -0.05) is 0 Å². The molecule has 0 saturated heterocycles. The number of aromatic nitrogens is 2. The van der Waals surface area contributed by atoms with E-state index in [0.29, 0.717) is 10.9 Å². The van der Waals surface area contributed by atoms with Crippen molar-refractivity contribution in [3.63, 3.8) is 0 Å². The summed E-state index contributed by atoms with van der Waals surface area (Å²) >= 11 is 1.32. The largest absolute Gasteiger partial charge is 0.440 e. The Morgan fingerprint density at radius 1 is 1.43 bits per heavy atom. The standard InChI is InChI=1S/C9H9N3OS/c1-6-4-7(10)8(12-5-6)14-9-11-2-3-13-9/h2-5H,10H2,1H3. The minimum absolute atomic E-state index is 0.549. The number of hydrogen-bond donors (Lipinski definition) is 1. The van der Waals surface area contributed by atoms with E-state index in [1.165, 1.54) is 18.0 Å². The molecule has 0 bridgehead atoms. The Bertz CT molecular complexity index is 428. The second-order valence-electron chi connectivity index (χ2n) is 2.81. The molecule has 2 aromatic heterocycles. The minimum Gasteiger partial charge on any atom is -0.440 e. The van der Waals surface area contributed by atoms with Gasteiger partial charge < -0.3 is 10.2 Å². The molecule has 0 aromatic carbocycles. The monoisotopic (exact) mass is 207 g/mol. The lowest BCUT2D eigenvalue weighted by molar-refractivity contribution is 0.454. The number of aryl methyl sites for hydroxylation is 1. The van der Waals surface area contributed by atoms with E-state index in [0.717, 1.165) is 10.6 Å². The third kappa shape index (κ3) is 1.88. The molecule has 0 spiro atoms. The average molecular weight is 207 g/mol. The number of nitrogen functional groups attached to an aromatic ring is 1. The van der Waals surface area contributed by atoms with Crippen LogP contribution in [0.2, 0.25) is 0 Å². The Hall–Kier alpha value is -1.49. The maximum Gasteiger partial charge on any atom is 0.262 e. The highest BCUT2D eigenvalue weighted by atomic mass is 32.2. The molecule has 0 amide bonds. The van der Waals surface area contributed by atoms with E-state index in [1.54, 1.807) is 12.4 Å². The fourth-order valence-corrected chi connectivity index (χ4v) is 1.67. The van der Waals surface area contributed by atoms with Crippen LogP contribution in [0.4, 0.5) is 5.69 Å². The number of anilines is 1. The van der Waals surface area contributed by atoms with Crippen LogP contribution in [0.1, 0.15) is 5.56 Å². The zero-order chi connectivity index (χ0) is 9.97. The predicted molar refractivity (Wildman–Crippen MR) is 54.0 cm³/mol. The fourth-order valence-electron chi connectivity index (χ4n) is 1.01. The van der Waals surface area contributed by atoms with Crippen LogP contribution in [0.15, 0.2) is 39.4 Å². The first-order valence-electron chi connectivity index (χ1n) is 4.05.